The Morgan fingerprint density at radius 3 is 1.44 bits per heavy atom. The molecule has 0 aliphatic heterocycles. The third-order valence-corrected chi connectivity index (χ3v) is 7.18. The fourth-order valence-electron chi connectivity index (χ4n) is 2.94. The molecule has 0 heterocycles. The van der Waals surface area contributed by atoms with E-state index in [1.54, 1.807) is 0 Å². The fraction of sp³-hybridized carbons (Fsp3) is 1.00. The van der Waals surface area contributed by atoms with E-state index in [1.165, 1.54) is 38.5 Å². The lowest BCUT2D eigenvalue weighted by atomic mass is 9.97. The van der Waals surface area contributed by atoms with Crippen LogP contribution in [-0.2, 0) is 0 Å². The molecule has 0 bridgehead atoms. The zero-order valence-electron chi connectivity index (χ0n) is 11.1. The van der Waals surface area contributed by atoms with E-state index < -0.39 is 0 Å². The molecule has 4 heteroatoms. The lowest BCUT2D eigenvalue weighted by Crippen LogP contribution is -2.28. The molecule has 0 radical (unpaired) electrons. The quantitative estimate of drug-likeness (QED) is 0.764. The standard InChI is InChI=1S/C14H26O2S2/c15-11-5-1-3-7-13(11)17-9-10-18-14-8-4-2-6-12(14)16/h11-16H,1-10H2/t11-,12-,13+,14+/m1/s1. The molecule has 0 aromatic rings. The SMILES string of the molecule is O[C@@H]1CCCC[C@@H]1SCCS[C@H]1CCCC[C@H]1O. The van der Waals surface area contributed by atoms with Gasteiger partial charge in [0.15, 0.2) is 0 Å². The van der Waals surface area contributed by atoms with Crippen LogP contribution in [0.25, 0.3) is 0 Å². The van der Waals surface area contributed by atoms with Crippen molar-refractivity contribution in [2.24, 2.45) is 0 Å². The highest BCUT2D eigenvalue weighted by Gasteiger charge is 2.25. The third-order valence-electron chi connectivity index (χ3n) is 4.08. The molecule has 0 aromatic carbocycles. The number of aliphatic hydroxyl groups excluding tert-OH is 2. The third kappa shape index (κ3) is 4.62. The molecule has 0 unspecified atom stereocenters. The first-order valence-electron chi connectivity index (χ1n) is 7.36. The van der Waals surface area contributed by atoms with Gasteiger partial charge < -0.3 is 10.2 Å². The second-order valence-electron chi connectivity index (χ2n) is 5.52. The minimum absolute atomic E-state index is 0.0750. The Hall–Kier alpha value is 0.620. The minimum atomic E-state index is -0.0750. The number of hydrogen-bond donors (Lipinski definition) is 2. The van der Waals surface area contributed by atoms with Gasteiger partial charge in [-0.05, 0) is 25.7 Å². The van der Waals surface area contributed by atoms with Crippen molar-refractivity contribution in [2.45, 2.75) is 74.1 Å². The molecular formula is C14H26O2S2. The summed E-state index contributed by atoms with van der Waals surface area (Å²) in [5.74, 6) is 2.24. The summed E-state index contributed by atoms with van der Waals surface area (Å²) in [5, 5.41) is 20.7. The summed E-state index contributed by atoms with van der Waals surface area (Å²) in [5.41, 5.74) is 0. The molecular weight excluding hydrogens is 264 g/mol. The Kier molecular flexibility index (Phi) is 6.70. The largest absolute Gasteiger partial charge is 0.392 e. The van der Waals surface area contributed by atoms with E-state index in [2.05, 4.69) is 0 Å². The number of aliphatic hydroxyl groups is 2. The van der Waals surface area contributed by atoms with Gasteiger partial charge >= 0.3 is 0 Å². The molecule has 0 amide bonds. The first-order valence-corrected chi connectivity index (χ1v) is 9.46. The highest BCUT2D eigenvalue weighted by Crippen LogP contribution is 2.32. The Morgan fingerprint density at radius 1 is 0.667 bits per heavy atom. The van der Waals surface area contributed by atoms with E-state index >= 15 is 0 Å². The molecule has 0 spiro atoms. The summed E-state index contributed by atoms with van der Waals surface area (Å²) < 4.78 is 0. The predicted molar refractivity (Wildman–Crippen MR) is 81.4 cm³/mol. The maximum absolute atomic E-state index is 9.89. The average Bonchev–Trinajstić information content (AvgIpc) is 2.38. The van der Waals surface area contributed by atoms with E-state index in [1.807, 2.05) is 23.5 Å². The molecule has 2 saturated carbocycles. The second kappa shape index (κ2) is 8.03. The number of thioether (sulfide) groups is 2. The van der Waals surface area contributed by atoms with E-state index in [4.69, 9.17) is 0 Å². The normalized spacial score (nSPS) is 37.7. The Balaban J connectivity index is 1.57. The minimum Gasteiger partial charge on any atom is -0.392 e. The molecule has 2 nitrogen and oxygen atoms in total. The molecule has 2 rings (SSSR count). The van der Waals surface area contributed by atoms with Crippen LogP contribution in [0, 0.1) is 0 Å². The summed E-state index contributed by atoms with van der Waals surface area (Å²) in [6, 6.07) is 0. The van der Waals surface area contributed by atoms with Crippen LogP contribution in [0.2, 0.25) is 0 Å². The molecule has 4 atom stereocenters. The Labute approximate surface area is 119 Å². The van der Waals surface area contributed by atoms with Crippen molar-refractivity contribution in [2.75, 3.05) is 11.5 Å². The van der Waals surface area contributed by atoms with Crippen LogP contribution >= 0.6 is 23.5 Å². The van der Waals surface area contributed by atoms with E-state index in [-0.39, 0.29) is 12.2 Å². The van der Waals surface area contributed by atoms with E-state index in [9.17, 15) is 10.2 Å². The van der Waals surface area contributed by atoms with Crippen LogP contribution < -0.4 is 0 Å². The van der Waals surface area contributed by atoms with Gasteiger partial charge in [0.05, 0.1) is 12.2 Å². The summed E-state index contributed by atoms with van der Waals surface area (Å²) in [4.78, 5) is 0. The second-order valence-corrected chi connectivity index (χ2v) is 8.22. The van der Waals surface area contributed by atoms with E-state index in [0.29, 0.717) is 10.5 Å². The predicted octanol–water partition coefficient (Wildman–Crippen LogP) is 3.06. The number of rotatable bonds is 5. The Morgan fingerprint density at radius 2 is 1.06 bits per heavy atom. The molecule has 0 aromatic heterocycles. The lowest BCUT2D eigenvalue weighted by molar-refractivity contribution is 0.136. The fourth-order valence-corrected chi connectivity index (χ4v) is 5.70. The van der Waals surface area contributed by atoms with Crippen LogP contribution in [-0.4, -0.2) is 44.4 Å². The molecule has 2 N–H and O–H groups in total. The Bertz CT molecular complexity index is 214. The van der Waals surface area contributed by atoms with Gasteiger partial charge in [0.2, 0.25) is 0 Å². The molecule has 0 saturated heterocycles. The molecule has 18 heavy (non-hydrogen) atoms. The van der Waals surface area contributed by atoms with Gasteiger partial charge in [0.1, 0.15) is 0 Å². The van der Waals surface area contributed by atoms with Crippen molar-refractivity contribution in [3.05, 3.63) is 0 Å². The molecule has 106 valence electrons. The van der Waals surface area contributed by atoms with E-state index in [0.717, 1.165) is 24.3 Å². The van der Waals surface area contributed by atoms with Crippen molar-refractivity contribution < 1.29 is 10.2 Å². The van der Waals surface area contributed by atoms with Gasteiger partial charge in [-0.2, -0.15) is 23.5 Å². The molecule has 2 aliphatic carbocycles. The first-order chi connectivity index (χ1) is 8.77. The van der Waals surface area contributed by atoms with Gasteiger partial charge in [0, 0.05) is 22.0 Å². The maximum atomic E-state index is 9.89. The number of hydrogen-bond acceptors (Lipinski definition) is 4. The average molecular weight is 290 g/mol. The van der Waals surface area contributed by atoms with Gasteiger partial charge in [-0.1, -0.05) is 25.7 Å². The first kappa shape index (κ1) is 15.0. The van der Waals surface area contributed by atoms with Crippen LogP contribution in [0.1, 0.15) is 51.4 Å². The summed E-state index contributed by atoms with van der Waals surface area (Å²) in [6.45, 7) is 0. The van der Waals surface area contributed by atoms with Crippen molar-refractivity contribution in [1.82, 2.24) is 0 Å². The van der Waals surface area contributed by atoms with Crippen molar-refractivity contribution in [1.29, 1.82) is 0 Å². The topological polar surface area (TPSA) is 40.5 Å². The highest BCUT2D eigenvalue weighted by atomic mass is 32.2. The van der Waals surface area contributed by atoms with Crippen LogP contribution in [0.4, 0.5) is 0 Å². The van der Waals surface area contributed by atoms with Gasteiger partial charge in [-0.15, -0.1) is 0 Å². The zero-order valence-corrected chi connectivity index (χ0v) is 12.7. The summed E-state index contributed by atoms with van der Waals surface area (Å²) in [6.07, 6.45) is 9.15. The summed E-state index contributed by atoms with van der Waals surface area (Å²) >= 11 is 3.89. The smallest absolute Gasteiger partial charge is 0.0658 e. The zero-order chi connectivity index (χ0) is 12.8. The van der Waals surface area contributed by atoms with Gasteiger partial charge in [0.25, 0.3) is 0 Å². The van der Waals surface area contributed by atoms with Gasteiger partial charge in [-0.25, -0.2) is 0 Å². The van der Waals surface area contributed by atoms with Crippen molar-refractivity contribution >= 4 is 23.5 Å². The highest BCUT2D eigenvalue weighted by molar-refractivity contribution is 8.03. The maximum Gasteiger partial charge on any atom is 0.0658 e. The van der Waals surface area contributed by atoms with Gasteiger partial charge in [-0.3, -0.25) is 0 Å². The summed E-state index contributed by atoms with van der Waals surface area (Å²) in [7, 11) is 0. The van der Waals surface area contributed by atoms with Crippen molar-refractivity contribution in [3.8, 4) is 0 Å². The van der Waals surface area contributed by atoms with Crippen molar-refractivity contribution in [3.63, 3.8) is 0 Å². The monoisotopic (exact) mass is 290 g/mol. The lowest BCUT2D eigenvalue weighted by Gasteiger charge is -2.28. The molecule has 2 aliphatic rings. The van der Waals surface area contributed by atoms with Crippen LogP contribution in [0.5, 0.6) is 0 Å². The van der Waals surface area contributed by atoms with Crippen LogP contribution in [0.3, 0.4) is 0 Å². The molecule has 2 fully saturated rings. The van der Waals surface area contributed by atoms with Crippen LogP contribution in [0.15, 0.2) is 0 Å².